The third-order valence-corrected chi connectivity index (χ3v) is 2.54. The molecular formula is C16H13NO2. The van der Waals surface area contributed by atoms with Crippen LogP contribution in [0.5, 0.6) is 11.5 Å². The largest absolute Gasteiger partial charge is 0.497 e. The SMILES string of the molecule is COc1ccc(O/C(=C/C#N)c2ccccc2)cc1. The summed E-state index contributed by atoms with van der Waals surface area (Å²) < 4.78 is 10.8. The third kappa shape index (κ3) is 3.36. The Kier molecular flexibility index (Phi) is 4.20. The number of hydrogen-bond acceptors (Lipinski definition) is 3. The molecule has 2 aromatic rings. The van der Waals surface area contributed by atoms with Gasteiger partial charge in [0.05, 0.1) is 19.3 Å². The quantitative estimate of drug-likeness (QED) is 0.615. The minimum atomic E-state index is 0.522. The number of nitrogens with zero attached hydrogens (tertiary/aromatic N) is 1. The highest BCUT2D eigenvalue weighted by molar-refractivity contribution is 5.64. The summed E-state index contributed by atoms with van der Waals surface area (Å²) in [5.74, 6) is 1.94. The van der Waals surface area contributed by atoms with Crippen molar-refractivity contribution in [3.05, 3.63) is 66.2 Å². The summed E-state index contributed by atoms with van der Waals surface area (Å²) in [6.45, 7) is 0. The fourth-order valence-corrected chi connectivity index (χ4v) is 1.60. The average Bonchev–Trinajstić information content (AvgIpc) is 2.48. The van der Waals surface area contributed by atoms with Crippen LogP contribution >= 0.6 is 0 Å². The van der Waals surface area contributed by atoms with Gasteiger partial charge in [-0.15, -0.1) is 0 Å². The van der Waals surface area contributed by atoms with Crippen LogP contribution in [0.1, 0.15) is 5.56 Å². The minimum absolute atomic E-state index is 0.522. The van der Waals surface area contributed by atoms with E-state index in [2.05, 4.69) is 0 Å². The van der Waals surface area contributed by atoms with Crippen LogP contribution in [0, 0.1) is 11.3 Å². The predicted molar refractivity (Wildman–Crippen MR) is 73.7 cm³/mol. The van der Waals surface area contributed by atoms with Crippen molar-refractivity contribution in [1.82, 2.24) is 0 Å². The molecule has 0 aliphatic heterocycles. The van der Waals surface area contributed by atoms with Crippen molar-refractivity contribution in [2.24, 2.45) is 0 Å². The molecule has 0 radical (unpaired) electrons. The molecule has 0 saturated heterocycles. The summed E-state index contributed by atoms with van der Waals surface area (Å²) in [5.41, 5.74) is 0.861. The fourth-order valence-electron chi connectivity index (χ4n) is 1.60. The topological polar surface area (TPSA) is 42.2 Å². The van der Waals surface area contributed by atoms with Gasteiger partial charge in [0.1, 0.15) is 17.3 Å². The van der Waals surface area contributed by atoms with E-state index in [1.807, 2.05) is 48.5 Å². The predicted octanol–water partition coefficient (Wildman–Crippen LogP) is 3.64. The second kappa shape index (κ2) is 6.27. The van der Waals surface area contributed by atoms with Gasteiger partial charge in [-0.05, 0) is 24.3 Å². The van der Waals surface area contributed by atoms with Gasteiger partial charge in [-0.2, -0.15) is 5.26 Å². The summed E-state index contributed by atoms with van der Waals surface area (Å²) in [6, 6.07) is 18.7. The number of rotatable bonds is 4. The third-order valence-electron chi connectivity index (χ3n) is 2.54. The second-order valence-electron chi connectivity index (χ2n) is 3.78. The molecule has 3 nitrogen and oxygen atoms in total. The Labute approximate surface area is 112 Å². The van der Waals surface area contributed by atoms with Crippen LogP contribution in [0.4, 0.5) is 0 Å². The molecule has 94 valence electrons. The zero-order valence-corrected chi connectivity index (χ0v) is 10.5. The standard InChI is InChI=1S/C16H13NO2/c1-18-14-7-9-15(10-8-14)19-16(11-12-17)13-5-3-2-4-6-13/h2-11H,1H3/b16-11+. The van der Waals surface area contributed by atoms with Gasteiger partial charge < -0.3 is 9.47 Å². The monoisotopic (exact) mass is 251 g/mol. The molecule has 2 aromatic carbocycles. The molecule has 0 aromatic heterocycles. The van der Waals surface area contributed by atoms with Crippen molar-refractivity contribution in [2.75, 3.05) is 7.11 Å². The maximum Gasteiger partial charge on any atom is 0.145 e. The molecule has 0 unspecified atom stereocenters. The average molecular weight is 251 g/mol. The Morgan fingerprint density at radius 2 is 1.63 bits per heavy atom. The highest BCUT2D eigenvalue weighted by atomic mass is 16.5. The zero-order valence-electron chi connectivity index (χ0n) is 10.5. The van der Waals surface area contributed by atoms with E-state index in [0.29, 0.717) is 11.5 Å². The summed E-state index contributed by atoms with van der Waals surface area (Å²) in [7, 11) is 1.61. The van der Waals surface area contributed by atoms with Crippen LogP contribution in [0.15, 0.2) is 60.7 Å². The van der Waals surface area contributed by atoms with E-state index in [1.54, 1.807) is 19.2 Å². The first-order valence-electron chi connectivity index (χ1n) is 5.80. The molecule has 0 bridgehead atoms. The van der Waals surface area contributed by atoms with Crippen molar-refractivity contribution in [3.63, 3.8) is 0 Å². The van der Waals surface area contributed by atoms with E-state index in [0.717, 1.165) is 11.3 Å². The van der Waals surface area contributed by atoms with Crippen molar-refractivity contribution >= 4 is 5.76 Å². The van der Waals surface area contributed by atoms with Crippen molar-refractivity contribution < 1.29 is 9.47 Å². The first kappa shape index (κ1) is 12.7. The first-order valence-corrected chi connectivity index (χ1v) is 5.80. The Balaban J connectivity index is 2.22. The van der Waals surface area contributed by atoms with Crippen LogP contribution < -0.4 is 9.47 Å². The fraction of sp³-hybridized carbons (Fsp3) is 0.0625. The Morgan fingerprint density at radius 1 is 1.00 bits per heavy atom. The zero-order chi connectivity index (χ0) is 13.5. The van der Waals surface area contributed by atoms with Crippen LogP contribution in [-0.4, -0.2) is 7.11 Å². The highest BCUT2D eigenvalue weighted by Crippen LogP contribution is 2.23. The number of ether oxygens (including phenoxy) is 2. The molecule has 0 spiro atoms. The molecule has 19 heavy (non-hydrogen) atoms. The van der Waals surface area contributed by atoms with Crippen molar-refractivity contribution in [1.29, 1.82) is 5.26 Å². The lowest BCUT2D eigenvalue weighted by Crippen LogP contribution is -1.94. The smallest absolute Gasteiger partial charge is 0.145 e. The lowest BCUT2D eigenvalue weighted by Gasteiger charge is -2.09. The Hall–Kier alpha value is -2.73. The van der Waals surface area contributed by atoms with Gasteiger partial charge in [0, 0.05) is 5.56 Å². The molecule has 0 N–H and O–H groups in total. The maximum absolute atomic E-state index is 8.83. The first-order chi connectivity index (χ1) is 9.33. The van der Waals surface area contributed by atoms with Crippen LogP contribution in [-0.2, 0) is 0 Å². The molecule has 0 fully saturated rings. The van der Waals surface area contributed by atoms with Crippen LogP contribution in [0.2, 0.25) is 0 Å². The number of benzene rings is 2. The minimum Gasteiger partial charge on any atom is -0.497 e. The molecular weight excluding hydrogens is 238 g/mol. The lowest BCUT2D eigenvalue weighted by atomic mass is 10.2. The second-order valence-corrected chi connectivity index (χ2v) is 3.78. The molecule has 3 heteroatoms. The molecule has 0 heterocycles. The van der Waals surface area contributed by atoms with E-state index < -0.39 is 0 Å². The maximum atomic E-state index is 8.83. The summed E-state index contributed by atoms with van der Waals surface area (Å²) in [6.07, 6.45) is 1.39. The summed E-state index contributed by atoms with van der Waals surface area (Å²) in [4.78, 5) is 0. The Bertz CT molecular complexity index is 595. The Morgan fingerprint density at radius 3 is 2.21 bits per heavy atom. The summed E-state index contributed by atoms with van der Waals surface area (Å²) in [5, 5.41) is 8.83. The van der Waals surface area contributed by atoms with Crippen LogP contribution in [0.25, 0.3) is 5.76 Å². The van der Waals surface area contributed by atoms with E-state index >= 15 is 0 Å². The van der Waals surface area contributed by atoms with Gasteiger partial charge >= 0.3 is 0 Å². The number of methoxy groups -OCH3 is 1. The molecule has 0 amide bonds. The number of hydrogen-bond donors (Lipinski definition) is 0. The van der Waals surface area contributed by atoms with Crippen molar-refractivity contribution in [2.45, 2.75) is 0 Å². The normalized spacial score (nSPS) is 10.6. The summed E-state index contributed by atoms with van der Waals surface area (Å²) >= 11 is 0. The van der Waals surface area contributed by atoms with Crippen molar-refractivity contribution in [3.8, 4) is 17.6 Å². The molecule has 2 rings (SSSR count). The van der Waals surface area contributed by atoms with Gasteiger partial charge in [0.2, 0.25) is 0 Å². The van der Waals surface area contributed by atoms with Gasteiger partial charge in [0.25, 0.3) is 0 Å². The molecule has 0 aliphatic rings. The molecule has 0 atom stereocenters. The van der Waals surface area contributed by atoms with Crippen LogP contribution in [0.3, 0.4) is 0 Å². The molecule has 0 aliphatic carbocycles. The number of nitriles is 1. The van der Waals surface area contributed by atoms with Gasteiger partial charge in [-0.3, -0.25) is 0 Å². The van der Waals surface area contributed by atoms with Gasteiger partial charge in [-0.1, -0.05) is 30.3 Å². The van der Waals surface area contributed by atoms with E-state index in [9.17, 15) is 0 Å². The van der Waals surface area contributed by atoms with E-state index in [1.165, 1.54) is 6.08 Å². The highest BCUT2D eigenvalue weighted by Gasteiger charge is 2.04. The van der Waals surface area contributed by atoms with E-state index in [4.69, 9.17) is 14.7 Å². The van der Waals surface area contributed by atoms with Gasteiger partial charge in [-0.25, -0.2) is 0 Å². The lowest BCUT2D eigenvalue weighted by molar-refractivity contribution is 0.413. The van der Waals surface area contributed by atoms with E-state index in [-0.39, 0.29) is 0 Å². The van der Waals surface area contributed by atoms with Gasteiger partial charge in [0.15, 0.2) is 0 Å². The number of allylic oxidation sites excluding steroid dienone is 1. The molecule has 0 saturated carbocycles.